The highest BCUT2D eigenvalue weighted by atomic mass is 32.1. The minimum atomic E-state index is 0.134. The number of para-hydroxylation sites is 1. The number of hydrogen-bond acceptors (Lipinski definition) is 4. The molecule has 0 unspecified atom stereocenters. The number of amides is 1. The fourth-order valence-corrected chi connectivity index (χ4v) is 5.79. The van der Waals surface area contributed by atoms with Crippen molar-refractivity contribution in [1.29, 1.82) is 0 Å². The maximum Gasteiger partial charge on any atom is 0.234 e. The number of likely N-dealkylation sites (tertiary alicyclic amines) is 1. The number of nitrogens with one attached hydrogen (secondary N) is 1. The number of benzene rings is 2. The van der Waals surface area contributed by atoms with Crippen molar-refractivity contribution in [3.05, 3.63) is 64.7 Å². The number of aromatic nitrogens is 1. The van der Waals surface area contributed by atoms with Crippen molar-refractivity contribution < 1.29 is 4.79 Å². The molecule has 1 aliphatic carbocycles. The van der Waals surface area contributed by atoms with E-state index in [4.69, 9.17) is 4.98 Å². The molecule has 3 aromatic rings. The smallest absolute Gasteiger partial charge is 0.234 e. The molecule has 0 radical (unpaired) electrons. The number of thiazole rings is 1. The molecule has 2 aliphatic rings. The predicted molar refractivity (Wildman–Crippen MR) is 113 cm³/mol. The van der Waals surface area contributed by atoms with Gasteiger partial charge in [-0.15, -0.1) is 11.3 Å². The Morgan fingerprint density at radius 1 is 1.11 bits per heavy atom. The lowest BCUT2D eigenvalue weighted by Gasteiger charge is -2.28. The molecule has 1 fully saturated rings. The number of nitrogens with zero attached hydrogens (tertiary/aromatic N) is 2. The number of carbonyl (C=O) groups is 1. The van der Waals surface area contributed by atoms with Gasteiger partial charge in [-0.2, -0.15) is 0 Å². The van der Waals surface area contributed by atoms with Crippen LogP contribution in [0.5, 0.6) is 0 Å². The molecule has 5 rings (SSSR count). The zero-order valence-electron chi connectivity index (χ0n) is 15.9. The van der Waals surface area contributed by atoms with Crippen molar-refractivity contribution >= 4 is 27.5 Å². The van der Waals surface area contributed by atoms with Gasteiger partial charge >= 0.3 is 0 Å². The molecule has 1 aliphatic heterocycles. The predicted octanol–water partition coefficient (Wildman–Crippen LogP) is 4.63. The second kappa shape index (κ2) is 7.64. The Hall–Kier alpha value is -2.24. The Bertz CT molecular complexity index is 965. The Kier molecular flexibility index (Phi) is 4.87. The second-order valence-electron chi connectivity index (χ2n) is 7.86. The molecule has 28 heavy (non-hydrogen) atoms. The van der Waals surface area contributed by atoms with Crippen molar-refractivity contribution in [3.8, 4) is 0 Å². The van der Waals surface area contributed by atoms with Crippen LogP contribution in [0.3, 0.4) is 0 Å². The second-order valence-corrected chi connectivity index (χ2v) is 8.92. The van der Waals surface area contributed by atoms with E-state index < -0.39 is 0 Å². The first-order valence-electron chi connectivity index (χ1n) is 10.2. The van der Waals surface area contributed by atoms with E-state index in [2.05, 4.69) is 52.7 Å². The zero-order chi connectivity index (χ0) is 18.9. The Balaban J connectivity index is 1.28. The lowest BCUT2D eigenvalue weighted by atomic mass is 9.88. The van der Waals surface area contributed by atoms with Crippen LogP contribution in [-0.2, 0) is 11.2 Å². The first-order valence-corrected chi connectivity index (χ1v) is 11.1. The molecular weight excluding hydrogens is 366 g/mol. The van der Waals surface area contributed by atoms with Gasteiger partial charge in [0, 0.05) is 0 Å². The topological polar surface area (TPSA) is 45.2 Å². The summed E-state index contributed by atoms with van der Waals surface area (Å²) in [4.78, 5) is 20.0. The largest absolute Gasteiger partial charge is 0.348 e. The number of fused-ring (bicyclic) bond motifs is 2. The summed E-state index contributed by atoms with van der Waals surface area (Å²) in [5.41, 5.74) is 3.75. The molecule has 144 valence electrons. The maximum absolute atomic E-state index is 12.9. The van der Waals surface area contributed by atoms with E-state index in [0.29, 0.717) is 6.54 Å². The van der Waals surface area contributed by atoms with Crippen molar-refractivity contribution in [2.45, 2.75) is 44.2 Å². The molecule has 2 heterocycles. The van der Waals surface area contributed by atoms with Gasteiger partial charge in [0.15, 0.2) is 0 Å². The van der Waals surface area contributed by atoms with Gasteiger partial charge < -0.3 is 5.32 Å². The number of carbonyl (C=O) groups excluding carboxylic acids is 1. The molecule has 0 spiro atoms. The van der Waals surface area contributed by atoms with Crippen LogP contribution >= 0.6 is 11.3 Å². The van der Waals surface area contributed by atoms with E-state index in [1.54, 1.807) is 11.3 Å². The standard InChI is InChI=1S/C23H25N3OS/c27-22(24-18-11-5-8-16-7-1-2-9-17(16)18)15-26-14-6-12-20(26)23-25-19-10-3-4-13-21(19)28-23/h1-4,7,9-10,13,18,20H,5-6,8,11-12,14-15H2,(H,24,27)/t18-,20-/m0/s1. The highest BCUT2D eigenvalue weighted by Gasteiger charge is 2.31. The number of rotatable bonds is 4. The summed E-state index contributed by atoms with van der Waals surface area (Å²) < 4.78 is 1.23. The third-order valence-electron chi connectivity index (χ3n) is 6.01. The van der Waals surface area contributed by atoms with E-state index in [0.717, 1.165) is 49.2 Å². The minimum absolute atomic E-state index is 0.134. The van der Waals surface area contributed by atoms with E-state index in [-0.39, 0.29) is 18.0 Å². The highest BCUT2D eigenvalue weighted by Crippen LogP contribution is 2.36. The fraction of sp³-hybridized carbons (Fsp3) is 0.391. The molecule has 0 bridgehead atoms. The normalized spacial score (nSPS) is 22.3. The van der Waals surface area contributed by atoms with Gasteiger partial charge in [-0.3, -0.25) is 9.69 Å². The minimum Gasteiger partial charge on any atom is -0.348 e. The molecule has 4 nitrogen and oxygen atoms in total. The van der Waals surface area contributed by atoms with Crippen LogP contribution in [0.25, 0.3) is 10.2 Å². The third-order valence-corrected chi connectivity index (χ3v) is 7.15. The van der Waals surface area contributed by atoms with Crippen molar-refractivity contribution in [2.24, 2.45) is 0 Å². The summed E-state index contributed by atoms with van der Waals surface area (Å²) in [7, 11) is 0. The summed E-state index contributed by atoms with van der Waals surface area (Å²) >= 11 is 1.77. The third kappa shape index (κ3) is 3.45. The van der Waals surface area contributed by atoms with Crippen LogP contribution in [0.1, 0.15) is 53.9 Å². The van der Waals surface area contributed by atoms with Crippen LogP contribution in [0, 0.1) is 0 Å². The lowest BCUT2D eigenvalue weighted by molar-refractivity contribution is -0.123. The quantitative estimate of drug-likeness (QED) is 0.705. The molecule has 5 heteroatoms. The van der Waals surface area contributed by atoms with Gasteiger partial charge in [0.1, 0.15) is 5.01 Å². The summed E-state index contributed by atoms with van der Waals surface area (Å²) in [5.74, 6) is 0.134. The monoisotopic (exact) mass is 391 g/mol. The van der Waals surface area contributed by atoms with E-state index >= 15 is 0 Å². The summed E-state index contributed by atoms with van der Waals surface area (Å²) in [6, 6.07) is 17.2. The van der Waals surface area contributed by atoms with Gasteiger partial charge in [-0.25, -0.2) is 4.98 Å². The van der Waals surface area contributed by atoms with Gasteiger partial charge in [-0.05, 0) is 61.9 Å². The SMILES string of the molecule is O=C(CN1CCC[C@H]1c1nc2ccccc2s1)N[C@H]1CCCc2ccccc21. The molecule has 0 saturated carbocycles. The average Bonchev–Trinajstić information content (AvgIpc) is 3.34. The Labute approximate surface area is 169 Å². The van der Waals surface area contributed by atoms with Gasteiger partial charge in [0.2, 0.25) is 5.91 Å². The van der Waals surface area contributed by atoms with Crippen LogP contribution in [-0.4, -0.2) is 28.9 Å². The molecule has 2 atom stereocenters. The van der Waals surface area contributed by atoms with Crippen LogP contribution in [0.4, 0.5) is 0 Å². The molecule has 1 aromatic heterocycles. The Morgan fingerprint density at radius 2 is 1.96 bits per heavy atom. The maximum atomic E-state index is 12.9. The molecular formula is C23H25N3OS. The van der Waals surface area contributed by atoms with Crippen molar-refractivity contribution in [3.63, 3.8) is 0 Å². The van der Waals surface area contributed by atoms with Gasteiger partial charge in [0.25, 0.3) is 0 Å². The first kappa shape index (κ1) is 17.8. The fourth-order valence-electron chi connectivity index (χ4n) is 4.66. The summed E-state index contributed by atoms with van der Waals surface area (Å²) in [5, 5.41) is 4.45. The van der Waals surface area contributed by atoms with E-state index in [9.17, 15) is 4.79 Å². The van der Waals surface area contributed by atoms with Gasteiger partial charge in [-0.1, -0.05) is 36.4 Å². The summed E-state index contributed by atoms with van der Waals surface area (Å²) in [6.07, 6.45) is 5.50. The van der Waals surface area contributed by atoms with E-state index in [1.165, 1.54) is 15.8 Å². The molecule has 1 N–H and O–H groups in total. The molecule has 1 saturated heterocycles. The van der Waals surface area contributed by atoms with Gasteiger partial charge in [0.05, 0.1) is 28.8 Å². The molecule has 1 amide bonds. The van der Waals surface area contributed by atoms with Crippen molar-refractivity contribution in [1.82, 2.24) is 15.2 Å². The average molecular weight is 392 g/mol. The number of hydrogen-bond donors (Lipinski definition) is 1. The van der Waals surface area contributed by atoms with Crippen LogP contribution in [0.2, 0.25) is 0 Å². The van der Waals surface area contributed by atoms with Crippen molar-refractivity contribution in [2.75, 3.05) is 13.1 Å². The Morgan fingerprint density at radius 3 is 2.89 bits per heavy atom. The van der Waals surface area contributed by atoms with E-state index in [1.807, 2.05) is 6.07 Å². The molecule has 2 aromatic carbocycles. The summed E-state index contributed by atoms with van der Waals surface area (Å²) in [6.45, 7) is 1.43. The van der Waals surface area contributed by atoms with Crippen LogP contribution in [0.15, 0.2) is 48.5 Å². The highest BCUT2D eigenvalue weighted by molar-refractivity contribution is 7.18. The zero-order valence-corrected chi connectivity index (χ0v) is 16.8. The number of aryl methyl sites for hydroxylation is 1. The first-order chi connectivity index (χ1) is 13.8. The van der Waals surface area contributed by atoms with Crippen LogP contribution < -0.4 is 5.32 Å². The lowest BCUT2D eigenvalue weighted by Crippen LogP contribution is -2.39.